The van der Waals surface area contributed by atoms with E-state index in [0.29, 0.717) is 0 Å². The molecule has 0 aliphatic carbocycles. The largest absolute Gasteiger partial charge is 0.384 e. The molecule has 2 aromatic carbocycles. The zero-order chi connectivity index (χ0) is 14.5. The topological polar surface area (TPSA) is 35.2 Å². The molecule has 0 spiro atoms. The van der Waals surface area contributed by atoms with Gasteiger partial charge in [0.1, 0.15) is 0 Å². The third-order valence-electron chi connectivity index (χ3n) is 3.54. The molecule has 1 unspecified atom stereocenters. The Bertz CT molecular complexity index is 540. The first kappa shape index (κ1) is 14.8. The van der Waals surface area contributed by atoms with Gasteiger partial charge in [0.05, 0.1) is 12.6 Å². The standard InChI is InChI=1S/C18H23NO/c1-13-10-14(2)12-17(11-13)18(19)16-6-4-15(5-7-16)8-9-20-3/h4-7,10-12,18H,8-9,19H2,1-3H3. The van der Waals surface area contributed by atoms with Gasteiger partial charge in [-0.05, 0) is 37.0 Å². The van der Waals surface area contributed by atoms with Crippen LogP contribution < -0.4 is 5.73 Å². The number of ether oxygens (including phenoxy) is 1. The summed E-state index contributed by atoms with van der Waals surface area (Å²) in [7, 11) is 1.73. The number of benzene rings is 2. The van der Waals surface area contributed by atoms with Gasteiger partial charge in [0.15, 0.2) is 0 Å². The van der Waals surface area contributed by atoms with Crippen molar-refractivity contribution in [1.29, 1.82) is 0 Å². The zero-order valence-electron chi connectivity index (χ0n) is 12.5. The summed E-state index contributed by atoms with van der Waals surface area (Å²) in [5, 5.41) is 0. The van der Waals surface area contributed by atoms with Gasteiger partial charge in [0, 0.05) is 7.11 Å². The number of nitrogens with two attached hydrogens (primary N) is 1. The molecule has 20 heavy (non-hydrogen) atoms. The van der Waals surface area contributed by atoms with Gasteiger partial charge in [-0.3, -0.25) is 0 Å². The van der Waals surface area contributed by atoms with E-state index in [2.05, 4.69) is 56.3 Å². The first-order valence-corrected chi connectivity index (χ1v) is 7.01. The highest BCUT2D eigenvalue weighted by atomic mass is 16.5. The SMILES string of the molecule is COCCc1ccc(C(N)c2cc(C)cc(C)c2)cc1. The van der Waals surface area contributed by atoms with Crippen LogP contribution in [-0.4, -0.2) is 13.7 Å². The van der Waals surface area contributed by atoms with E-state index < -0.39 is 0 Å². The van der Waals surface area contributed by atoms with Crippen LogP contribution in [0.3, 0.4) is 0 Å². The van der Waals surface area contributed by atoms with E-state index in [1.54, 1.807) is 7.11 Å². The molecule has 106 valence electrons. The lowest BCUT2D eigenvalue weighted by Gasteiger charge is -2.15. The molecule has 2 rings (SSSR count). The fraction of sp³-hybridized carbons (Fsp3) is 0.333. The molecule has 0 aromatic heterocycles. The number of rotatable bonds is 5. The Balaban J connectivity index is 2.17. The second-order valence-electron chi connectivity index (χ2n) is 5.38. The molecule has 1 atom stereocenters. The van der Waals surface area contributed by atoms with E-state index in [-0.39, 0.29) is 6.04 Å². The van der Waals surface area contributed by atoms with Gasteiger partial charge in [0.2, 0.25) is 0 Å². The Labute approximate surface area is 121 Å². The third kappa shape index (κ3) is 3.69. The lowest BCUT2D eigenvalue weighted by molar-refractivity contribution is 0.202. The molecule has 2 aromatic rings. The molecular formula is C18H23NO. The Morgan fingerprint density at radius 1 is 0.950 bits per heavy atom. The van der Waals surface area contributed by atoms with Crippen LogP contribution in [0.25, 0.3) is 0 Å². The average molecular weight is 269 g/mol. The number of hydrogen-bond acceptors (Lipinski definition) is 2. The minimum atomic E-state index is -0.0647. The Kier molecular flexibility index (Phi) is 4.94. The van der Waals surface area contributed by atoms with Crippen molar-refractivity contribution >= 4 is 0 Å². The predicted octanol–water partition coefficient (Wildman–Crippen LogP) is 3.54. The van der Waals surface area contributed by atoms with Crippen molar-refractivity contribution in [3.63, 3.8) is 0 Å². The van der Waals surface area contributed by atoms with Crippen molar-refractivity contribution in [2.75, 3.05) is 13.7 Å². The summed E-state index contributed by atoms with van der Waals surface area (Å²) in [5.41, 5.74) is 12.5. The molecule has 2 heteroatoms. The Hall–Kier alpha value is -1.64. The van der Waals surface area contributed by atoms with Gasteiger partial charge in [-0.25, -0.2) is 0 Å². The minimum absolute atomic E-state index is 0.0647. The van der Waals surface area contributed by atoms with Crippen LogP contribution in [-0.2, 0) is 11.2 Å². The number of aryl methyl sites for hydroxylation is 2. The zero-order valence-corrected chi connectivity index (χ0v) is 12.5. The second-order valence-corrected chi connectivity index (χ2v) is 5.38. The van der Waals surface area contributed by atoms with E-state index in [9.17, 15) is 0 Å². The number of hydrogen-bond donors (Lipinski definition) is 1. The second kappa shape index (κ2) is 6.69. The van der Waals surface area contributed by atoms with Crippen molar-refractivity contribution in [1.82, 2.24) is 0 Å². The quantitative estimate of drug-likeness (QED) is 0.901. The lowest BCUT2D eigenvalue weighted by atomic mass is 9.95. The average Bonchev–Trinajstić information content (AvgIpc) is 2.44. The molecule has 0 aliphatic rings. The van der Waals surface area contributed by atoms with Crippen LogP contribution in [0.15, 0.2) is 42.5 Å². The van der Waals surface area contributed by atoms with Crippen LogP contribution in [0.2, 0.25) is 0 Å². The fourth-order valence-electron chi connectivity index (χ4n) is 2.49. The van der Waals surface area contributed by atoms with Gasteiger partial charge in [-0.1, -0.05) is 53.6 Å². The minimum Gasteiger partial charge on any atom is -0.384 e. The molecule has 0 saturated heterocycles. The molecule has 0 amide bonds. The van der Waals surface area contributed by atoms with Crippen molar-refractivity contribution < 1.29 is 4.74 Å². The van der Waals surface area contributed by atoms with Crippen LogP contribution in [0.4, 0.5) is 0 Å². The molecule has 0 bridgehead atoms. The highest BCUT2D eigenvalue weighted by Crippen LogP contribution is 2.22. The fourth-order valence-corrected chi connectivity index (χ4v) is 2.49. The van der Waals surface area contributed by atoms with Gasteiger partial charge < -0.3 is 10.5 Å². The highest BCUT2D eigenvalue weighted by molar-refractivity contribution is 5.37. The third-order valence-corrected chi connectivity index (χ3v) is 3.54. The maximum Gasteiger partial charge on any atom is 0.0551 e. The highest BCUT2D eigenvalue weighted by Gasteiger charge is 2.09. The summed E-state index contributed by atoms with van der Waals surface area (Å²) in [6.07, 6.45) is 0.940. The summed E-state index contributed by atoms with van der Waals surface area (Å²) >= 11 is 0. The summed E-state index contributed by atoms with van der Waals surface area (Å²) in [5.74, 6) is 0. The van der Waals surface area contributed by atoms with Crippen molar-refractivity contribution in [3.8, 4) is 0 Å². The Morgan fingerprint density at radius 3 is 2.10 bits per heavy atom. The van der Waals surface area contributed by atoms with Crippen molar-refractivity contribution in [2.45, 2.75) is 26.3 Å². The molecule has 0 fully saturated rings. The molecule has 0 saturated carbocycles. The van der Waals surface area contributed by atoms with Crippen LogP contribution >= 0.6 is 0 Å². The van der Waals surface area contributed by atoms with E-state index in [1.807, 2.05) is 0 Å². The monoisotopic (exact) mass is 269 g/mol. The molecule has 2 nitrogen and oxygen atoms in total. The van der Waals surface area contributed by atoms with Crippen LogP contribution in [0.5, 0.6) is 0 Å². The molecule has 0 radical (unpaired) electrons. The summed E-state index contributed by atoms with van der Waals surface area (Å²) < 4.78 is 5.09. The van der Waals surface area contributed by atoms with E-state index in [4.69, 9.17) is 10.5 Å². The van der Waals surface area contributed by atoms with Crippen LogP contribution in [0, 0.1) is 13.8 Å². The Morgan fingerprint density at radius 2 is 1.55 bits per heavy atom. The van der Waals surface area contributed by atoms with E-state index >= 15 is 0 Å². The van der Waals surface area contributed by atoms with Gasteiger partial charge in [-0.15, -0.1) is 0 Å². The summed E-state index contributed by atoms with van der Waals surface area (Å²) in [6.45, 7) is 4.97. The molecule has 2 N–H and O–H groups in total. The van der Waals surface area contributed by atoms with Gasteiger partial charge in [0.25, 0.3) is 0 Å². The normalized spacial score (nSPS) is 12.4. The maximum atomic E-state index is 6.38. The first-order valence-electron chi connectivity index (χ1n) is 7.01. The summed E-state index contributed by atoms with van der Waals surface area (Å²) in [4.78, 5) is 0. The molecule has 0 aliphatic heterocycles. The van der Waals surface area contributed by atoms with E-state index in [1.165, 1.54) is 22.3 Å². The van der Waals surface area contributed by atoms with Crippen molar-refractivity contribution in [3.05, 3.63) is 70.3 Å². The smallest absolute Gasteiger partial charge is 0.0551 e. The first-order chi connectivity index (χ1) is 9.60. The number of methoxy groups -OCH3 is 1. The van der Waals surface area contributed by atoms with E-state index in [0.717, 1.165) is 18.6 Å². The predicted molar refractivity (Wildman–Crippen MR) is 84.0 cm³/mol. The van der Waals surface area contributed by atoms with Crippen molar-refractivity contribution in [2.24, 2.45) is 5.73 Å². The maximum absolute atomic E-state index is 6.38. The van der Waals surface area contributed by atoms with Gasteiger partial charge >= 0.3 is 0 Å². The summed E-state index contributed by atoms with van der Waals surface area (Å²) in [6, 6.07) is 14.9. The van der Waals surface area contributed by atoms with Gasteiger partial charge in [-0.2, -0.15) is 0 Å². The lowest BCUT2D eigenvalue weighted by Crippen LogP contribution is -2.12. The van der Waals surface area contributed by atoms with Crippen LogP contribution in [0.1, 0.15) is 33.9 Å². The molecule has 0 heterocycles. The molecular weight excluding hydrogens is 246 g/mol.